The van der Waals surface area contributed by atoms with Crippen LogP contribution in [0, 0.1) is 10.8 Å². The summed E-state index contributed by atoms with van der Waals surface area (Å²) in [6.45, 7) is 0. The number of fused-ring (bicyclic) bond motifs is 1. The van der Waals surface area contributed by atoms with E-state index in [1.807, 2.05) is 42.5 Å². The van der Waals surface area contributed by atoms with E-state index in [4.69, 9.17) is 22.3 Å². The molecule has 5 aromatic carbocycles. The van der Waals surface area contributed by atoms with E-state index in [0.29, 0.717) is 11.1 Å². The van der Waals surface area contributed by atoms with Crippen molar-refractivity contribution >= 4 is 46.4 Å². The monoisotopic (exact) mass is 537 g/mol. The van der Waals surface area contributed by atoms with E-state index in [1.165, 1.54) is 15.9 Å². The maximum absolute atomic E-state index is 7.90. The quantitative estimate of drug-likeness (QED) is 0.100. The molecule has 0 aliphatic rings. The Morgan fingerprint density at radius 1 is 0.550 bits per heavy atom. The first-order valence-corrected chi connectivity index (χ1v) is 14.3. The molecule has 0 saturated heterocycles. The van der Waals surface area contributed by atoms with Crippen LogP contribution in [0.15, 0.2) is 127 Å². The summed E-state index contributed by atoms with van der Waals surface area (Å²) >= 11 is 0. The predicted molar refractivity (Wildman–Crippen MR) is 170 cm³/mol. The summed E-state index contributed by atoms with van der Waals surface area (Å²) < 4.78 is 0. The average molecular weight is 538 g/mol. The zero-order valence-electron chi connectivity index (χ0n) is 21.7. The van der Waals surface area contributed by atoms with E-state index in [-0.39, 0.29) is 11.7 Å². The number of aromatic amines is 1. The number of hydrogen-bond donors (Lipinski definition) is 5. The second-order valence-electron chi connectivity index (χ2n) is 9.59. The third-order valence-electron chi connectivity index (χ3n) is 7.04. The summed E-state index contributed by atoms with van der Waals surface area (Å²) in [6.07, 6.45) is 0. The molecule has 0 fully saturated rings. The van der Waals surface area contributed by atoms with Crippen LogP contribution in [0.2, 0.25) is 0 Å². The summed E-state index contributed by atoms with van der Waals surface area (Å²) in [4.78, 5) is 3.58. The standard InChI is InChI=1S/C34H28N5P/c35-33(36)24-13-11-23(12-14-24)32-31(29-20-17-25(34(37)38)21-30(29)39-32)22-15-18-28(19-16-22)40(26-7-3-1-4-8-26)27-9-5-2-6-10-27/h1-21,39H,(H3,35,36)(H3,37,38). The summed E-state index contributed by atoms with van der Waals surface area (Å²) in [5.74, 6) is 0.0726. The van der Waals surface area contributed by atoms with Gasteiger partial charge < -0.3 is 16.5 Å². The fraction of sp³-hybridized carbons (Fsp3) is 0. The van der Waals surface area contributed by atoms with Crippen LogP contribution >= 0.6 is 7.92 Å². The van der Waals surface area contributed by atoms with Gasteiger partial charge in [0.15, 0.2) is 0 Å². The van der Waals surface area contributed by atoms with Crippen molar-refractivity contribution in [2.24, 2.45) is 11.5 Å². The van der Waals surface area contributed by atoms with Crippen molar-refractivity contribution in [2.45, 2.75) is 0 Å². The smallest absolute Gasteiger partial charge is 0.122 e. The highest BCUT2D eigenvalue weighted by molar-refractivity contribution is 7.79. The van der Waals surface area contributed by atoms with Crippen LogP contribution in [0.1, 0.15) is 11.1 Å². The van der Waals surface area contributed by atoms with Crippen LogP contribution in [-0.2, 0) is 0 Å². The summed E-state index contributed by atoms with van der Waals surface area (Å²) in [6, 6.07) is 43.8. The minimum atomic E-state index is -0.701. The molecule has 6 aromatic rings. The summed E-state index contributed by atoms with van der Waals surface area (Å²) in [5, 5.41) is 20.6. The highest BCUT2D eigenvalue weighted by Gasteiger charge is 2.19. The van der Waals surface area contributed by atoms with E-state index in [0.717, 1.165) is 33.3 Å². The summed E-state index contributed by atoms with van der Waals surface area (Å²) in [7, 11) is -0.701. The van der Waals surface area contributed by atoms with E-state index < -0.39 is 7.92 Å². The maximum atomic E-state index is 7.90. The number of rotatable bonds is 7. The Morgan fingerprint density at radius 3 is 1.60 bits per heavy atom. The van der Waals surface area contributed by atoms with E-state index in [1.54, 1.807) is 0 Å². The average Bonchev–Trinajstić information content (AvgIpc) is 3.38. The fourth-order valence-corrected chi connectivity index (χ4v) is 7.36. The SMILES string of the molecule is N=C(N)c1ccc(-c2[nH]c3cc(C(=N)N)ccc3c2-c2ccc(P(c3ccccc3)c3ccccc3)cc2)cc1. The lowest BCUT2D eigenvalue weighted by Crippen LogP contribution is -2.20. The lowest BCUT2D eigenvalue weighted by atomic mass is 9.97. The molecule has 7 N–H and O–H groups in total. The molecule has 1 heterocycles. The Hall–Kier alpha value is -4.99. The lowest BCUT2D eigenvalue weighted by molar-refractivity contribution is 1.40. The van der Waals surface area contributed by atoms with Crippen LogP contribution in [0.4, 0.5) is 0 Å². The Morgan fingerprint density at radius 2 is 1.05 bits per heavy atom. The third-order valence-corrected chi connectivity index (χ3v) is 9.48. The molecule has 0 unspecified atom stereocenters. The molecule has 0 radical (unpaired) electrons. The molecule has 6 rings (SSSR count). The van der Waals surface area contributed by atoms with Gasteiger partial charge in [0.2, 0.25) is 0 Å². The minimum absolute atomic E-state index is 0.0324. The topological polar surface area (TPSA) is 116 Å². The molecule has 0 spiro atoms. The number of nitrogen functional groups attached to an aromatic ring is 2. The first-order chi connectivity index (χ1) is 19.5. The van der Waals surface area contributed by atoms with Gasteiger partial charge in [-0.3, -0.25) is 10.8 Å². The molecule has 0 aliphatic heterocycles. The number of hydrogen-bond acceptors (Lipinski definition) is 2. The second-order valence-corrected chi connectivity index (χ2v) is 11.8. The molecule has 40 heavy (non-hydrogen) atoms. The second kappa shape index (κ2) is 10.6. The first-order valence-electron chi connectivity index (χ1n) is 13.0. The number of nitrogens with two attached hydrogens (primary N) is 2. The van der Waals surface area contributed by atoms with Crippen molar-refractivity contribution in [1.82, 2.24) is 4.98 Å². The zero-order valence-corrected chi connectivity index (χ0v) is 22.6. The molecule has 194 valence electrons. The Bertz CT molecular complexity index is 1780. The highest BCUT2D eigenvalue weighted by atomic mass is 31.1. The molecule has 0 saturated carbocycles. The van der Waals surface area contributed by atoms with Crippen LogP contribution < -0.4 is 27.4 Å². The largest absolute Gasteiger partial charge is 0.384 e. The van der Waals surface area contributed by atoms with Crippen molar-refractivity contribution < 1.29 is 0 Å². The Kier molecular flexibility index (Phi) is 6.73. The van der Waals surface area contributed by atoms with Crippen LogP contribution in [0.25, 0.3) is 33.3 Å². The fourth-order valence-electron chi connectivity index (χ4n) is 5.08. The number of nitrogens with one attached hydrogen (secondary N) is 3. The molecular formula is C34H28N5P. The van der Waals surface area contributed by atoms with Crippen LogP contribution in [-0.4, -0.2) is 16.7 Å². The highest BCUT2D eigenvalue weighted by Crippen LogP contribution is 2.40. The Labute approximate surface area is 234 Å². The molecule has 0 atom stereocenters. The van der Waals surface area contributed by atoms with Gasteiger partial charge in [-0.05, 0) is 41.0 Å². The third kappa shape index (κ3) is 4.79. The summed E-state index contributed by atoms with van der Waals surface area (Å²) in [5.41, 5.74) is 17.9. The van der Waals surface area contributed by atoms with Crippen molar-refractivity contribution in [3.05, 3.63) is 139 Å². The molecular weight excluding hydrogens is 509 g/mol. The predicted octanol–water partition coefficient (Wildman–Crippen LogP) is 5.83. The van der Waals surface area contributed by atoms with Gasteiger partial charge in [-0.1, -0.05) is 121 Å². The number of aromatic nitrogens is 1. The van der Waals surface area contributed by atoms with Crippen molar-refractivity contribution in [3.8, 4) is 22.4 Å². The van der Waals surface area contributed by atoms with Crippen LogP contribution in [0.5, 0.6) is 0 Å². The van der Waals surface area contributed by atoms with Gasteiger partial charge in [-0.15, -0.1) is 0 Å². The molecule has 0 bridgehead atoms. The van der Waals surface area contributed by atoms with Gasteiger partial charge in [-0.25, -0.2) is 0 Å². The normalized spacial score (nSPS) is 11.1. The number of H-pyrrole nitrogens is 1. The van der Waals surface area contributed by atoms with E-state index in [2.05, 4.69) is 89.9 Å². The van der Waals surface area contributed by atoms with Crippen molar-refractivity contribution in [2.75, 3.05) is 0 Å². The molecule has 0 aliphatic carbocycles. The number of benzene rings is 5. The zero-order chi connectivity index (χ0) is 27.6. The van der Waals surface area contributed by atoms with Crippen LogP contribution in [0.3, 0.4) is 0 Å². The van der Waals surface area contributed by atoms with Gasteiger partial charge >= 0.3 is 0 Å². The molecule has 5 nitrogen and oxygen atoms in total. The van der Waals surface area contributed by atoms with Gasteiger partial charge in [0.25, 0.3) is 0 Å². The Balaban J connectivity index is 1.49. The van der Waals surface area contributed by atoms with Gasteiger partial charge in [0.1, 0.15) is 11.7 Å². The molecule has 1 aromatic heterocycles. The van der Waals surface area contributed by atoms with Gasteiger partial charge in [-0.2, -0.15) is 0 Å². The molecule has 0 amide bonds. The van der Waals surface area contributed by atoms with E-state index >= 15 is 0 Å². The first kappa shape index (κ1) is 25.3. The van der Waals surface area contributed by atoms with E-state index in [9.17, 15) is 0 Å². The maximum Gasteiger partial charge on any atom is 0.122 e. The minimum Gasteiger partial charge on any atom is -0.384 e. The van der Waals surface area contributed by atoms with Crippen molar-refractivity contribution in [1.29, 1.82) is 10.8 Å². The van der Waals surface area contributed by atoms with Crippen molar-refractivity contribution in [3.63, 3.8) is 0 Å². The molecule has 6 heteroatoms. The van der Waals surface area contributed by atoms with Gasteiger partial charge in [0, 0.05) is 27.6 Å². The number of amidine groups is 2. The lowest BCUT2D eigenvalue weighted by Gasteiger charge is -2.19. The van der Waals surface area contributed by atoms with Gasteiger partial charge in [0.05, 0.1) is 5.69 Å².